The molecule has 2 atom stereocenters. The third kappa shape index (κ3) is 5.88. The van der Waals surface area contributed by atoms with Crippen molar-refractivity contribution in [3.05, 3.63) is 111 Å². The summed E-state index contributed by atoms with van der Waals surface area (Å²) in [4.78, 5) is 31.4. The topological polar surface area (TPSA) is 40.6 Å². The molecule has 2 fully saturated rings. The lowest BCUT2D eigenvalue weighted by atomic mass is 9.92. The van der Waals surface area contributed by atoms with E-state index in [9.17, 15) is 9.59 Å². The van der Waals surface area contributed by atoms with Gasteiger partial charge in [-0.1, -0.05) is 79.1 Å². The van der Waals surface area contributed by atoms with E-state index < -0.39 is 0 Å². The SMILES string of the molecule is Cc1ccc(C)c(CN2C(=O)/C(=C/c3ccc(C(=O)N(C)Cc4ccccc4)cc3)SC3CCCCC32)c1. The molecule has 3 aromatic rings. The Hall–Kier alpha value is -3.31. The Morgan fingerprint density at radius 2 is 1.74 bits per heavy atom. The van der Waals surface area contributed by atoms with Crippen molar-refractivity contribution in [1.29, 1.82) is 0 Å². The summed E-state index contributed by atoms with van der Waals surface area (Å²) in [6.07, 6.45) is 6.64. The zero-order valence-electron chi connectivity index (χ0n) is 22.5. The van der Waals surface area contributed by atoms with Crippen LogP contribution in [0.1, 0.15) is 63.9 Å². The standard InChI is InChI=1S/C33H36N2O2S/c1-23-13-14-24(2)28(19-23)22-35-29-11-7-8-12-30(29)38-31(33(35)37)20-25-15-17-27(18-16-25)32(36)34(3)21-26-9-5-4-6-10-26/h4-6,9-10,13-20,29-30H,7-8,11-12,21-22H2,1-3H3/b31-20-. The third-order valence-corrected chi connectivity index (χ3v) is 9.13. The number of hydrogen-bond acceptors (Lipinski definition) is 3. The van der Waals surface area contributed by atoms with E-state index in [2.05, 4.69) is 36.9 Å². The van der Waals surface area contributed by atoms with Crippen LogP contribution in [0.25, 0.3) is 6.08 Å². The Morgan fingerprint density at radius 1 is 1.00 bits per heavy atom. The first-order chi connectivity index (χ1) is 18.4. The minimum absolute atomic E-state index is 0.0130. The van der Waals surface area contributed by atoms with Gasteiger partial charge in [0.2, 0.25) is 0 Å². The summed E-state index contributed by atoms with van der Waals surface area (Å²) in [6, 6.07) is 24.4. The summed E-state index contributed by atoms with van der Waals surface area (Å²) in [6.45, 7) is 5.47. The number of benzene rings is 3. The van der Waals surface area contributed by atoms with E-state index in [1.807, 2.05) is 67.7 Å². The van der Waals surface area contributed by atoms with Crippen molar-refractivity contribution in [3.8, 4) is 0 Å². The maximum atomic E-state index is 13.8. The van der Waals surface area contributed by atoms with Crippen molar-refractivity contribution in [1.82, 2.24) is 9.80 Å². The largest absolute Gasteiger partial charge is 0.337 e. The van der Waals surface area contributed by atoms with Gasteiger partial charge < -0.3 is 9.80 Å². The molecule has 5 rings (SSSR count). The van der Waals surface area contributed by atoms with Crippen LogP contribution in [0.4, 0.5) is 0 Å². The van der Waals surface area contributed by atoms with Crippen LogP contribution in [0.3, 0.4) is 0 Å². The molecule has 1 saturated carbocycles. The highest BCUT2D eigenvalue weighted by Gasteiger charge is 2.40. The Bertz CT molecular complexity index is 1330. The van der Waals surface area contributed by atoms with Gasteiger partial charge in [-0.05, 0) is 67.2 Å². The van der Waals surface area contributed by atoms with E-state index in [1.165, 1.54) is 29.5 Å². The van der Waals surface area contributed by atoms with Gasteiger partial charge in [-0.3, -0.25) is 9.59 Å². The van der Waals surface area contributed by atoms with E-state index >= 15 is 0 Å². The molecular formula is C33H36N2O2S. The number of hydrogen-bond donors (Lipinski definition) is 0. The smallest absolute Gasteiger partial charge is 0.260 e. The van der Waals surface area contributed by atoms with Gasteiger partial charge in [0.15, 0.2) is 0 Å². The molecule has 4 nitrogen and oxygen atoms in total. The predicted molar refractivity (Wildman–Crippen MR) is 157 cm³/mol. The third-order valence-electron chi connectivity index (χ3n) is 7.73. The summed E-state index contributed by atoms with van der Waals surface area (Å²) in [5.41, 5.74) is 6.39. The molecular weight excluding hydrogens is 488 g/mol. The lowest BCUT2D eigenvalue weighted by Crippen LogP contribution is -2.50. The molecule has 38 heavy (non-hydrogen) atoms. The summed E-state index contributed by atoms with van der Waals surface area (Å²) in [7, 11) is 1.83. The average molecular weight is 525 g/mol. The molecule has 196 valence electrons. The molecule has 1 heterocycles. The predicted octanol–water partition coefficient (Wildman–Crippen LogP) is 7.00. The maximum absolute atomic E-state index is 13.8. The quantitative estimate of drug-likeness (QED) is 0.326. The van der Waals surface area contributed by atoms with Crippen LogP contribution in [0.15, 0.2) is 77.7 Å². The number of carbonyl (C=O) groups excluding carboxylic acids is 2. The summed E-state index contributed by atoms with van der Waals surface area (Å²) in [5.74, 6) is 0.114. The molecule has 0 spiro atoms. The molecule has 2 amide bonds. The molecule has 1 saturated heterocycles. The van der Waals surface area contributed by atoms with Gasteiger partial charge in [0, 0.05) is 37.0 Å². The number of aryl methyl sites for hydroxylation is 2. The molecule has 2 aliphatic rings. The highest BCUT2D eigenvalue weighted by atomic mass is 32.2. The van der Waals surface area contributed by atoms with Crippen molar-refractivity contribution >= 4 is 29.7 Å². The summed E-state index contributed by atoms with van der Waals surface area (Å²) in [5, 5.41) is 0.435. The minimum Gasteiger partial charge on any atom is -0.337 e. The minimum atomic E-state index is -0.0130. The number of fused-ring (bicyclic) bond motifs is 1. The lowest BCUT2D eigenvalue weighted by Gasteiger charge is -2.44. The summed E-state index contributed by atoms with van der Waals surface area (Å²) < 4.78 is 0. The van der Waals surface area contributed by atoms with Crippen LogP contribution in [0, 0.1) is 13.8 Å². The normalized spacial score (nSPS) is 20.3. The molecule has 2 unspecified atom stereocenters. The van der Waals surface area contributed by atoms with Crippen LogP contribution in [-0.4, -0.2) is 40.0 Å². The van der Waals surface area contributed by atoms with E-state index in [-0.39, 0.29) is 11.8 Å². The van der Waals surface area contributed by atoms with Crippen molar-refractivity contribution in [3.63, 3.8) is 0 Å². The second-order valence-corrected chi connectivity index (χ2v) is 11.9. The maximum Gasteiger partial charge on any atom is 0.260 e. The van der Waals surface area contributed by atoms with Crippen molar-refractivity contribution in [2.45, 2.75) is 63.9 Å². The van der Waals surface area contributed by atoms with Crippen molar-refractivity contribution in [2.75, 3.05) is 7.05 Å². The highest BCUT2D eigenvalue weighted by molar-refractivity contribution is 8.04. The number of thioether (sulfide) groups is 1. The Balaban J connectivity index is 1.34. The van der Waals surface area contributed by atoms with Gasteiger partial charge in [-0.2, -0.15) is 0 Å². The molecule has 5 heteroatoms. The van der Waals surface area contributed by atoms with Crippen LogP contribution >= 0.6 is 11.8 Å². The molecule has 3 aromatic carbocycles. The molecule has 1 aliphatic heterocycles. The Kier molecular flexibility index (Phi) is 8.04. The number of nitrogens with zero attached hydrogens (tertiary/aromatic N) is 2. The number of carbonyl (C=O) groups is 2. The fourth-order valence-electron chi connectivity index (χ4n) is 5.54. The molecule has 1 aliphatic carbocycles. The van der Waals surface area contributed by atoms with Crippen molar-refractivity contribution < 1.29 is 9.59 Å². The van der Waals surface area contributed by atoms with E-state index in [1.54, 1.807) is 16.7 Å². The monoisotopic (exact) mass is 524 g/mol. The Labute approximate surface area is 230 Å². The molecule has 0 bridgehead atoms. The van der Waals surface area contributed by atoms with Gasteiger partial charge in [0.1, 0.15) is 0 Å². The van der Waals surface area contributed by atoms with Crippen LogP contribution in [-0.2, 0) is 17.9 Å². The van der Waals surface area contributed by atoms with Gasteiger partial charge in [0.25, 0.3) is 11.8 Å². The molecule has 0 radical (unpaired) electrons. The first-order valence-electron chi connectivity index (χ1n) is 13.5. The van der Waals surface area contributed by atoms with Gasteiger partial charge in [-0.15, -0.1) is 11.8 Å². The number of rotatable bonds is 6. The van der Waals surface area contributed by atoms with E-state index in [0.29, 0.717) is 29.9 Å². The molecule has 0 N–H and O–H groups in total. The number of amides is 2. The van der Waals surface area contributed by atoms with Crippen molar-refractivity contribution in [2.24, 2.45) is 0 Å². The molecule has 0 aromatic heterocycles. The van der Waals surface area contributed by atoms with Crippen LogP contribution in [0.5, 0.6) is 0 Å². The van der Waals surface area contributed by atoms with Crippen LogP contribution < -0.4 is 0 Å². The average Bonchev–Trinajstić information content (AvgIpc) is 2.93. The zero-order chi connectivity index (χ0) is 26.6. The zero-order valence-corrected chi connectivity index (χ0v) is 23.3. The first-order valence-corrected chi connectivity index (χ1v) is 14.4. The highest BCUT2D eigenvalue weighted by Crippen LogP contribution is 2.43. The fraction of sp³-hybridized carbons (Fsp3) is 0.333. The van der Waals surface area contributed by atoms with E-state index in [4.69, 9.17) is 0 Å². The fourth-order valence-corrected chi connectivity index (χ4v) is 7.01. The summed E-state index contributed by atoms with van der Waals surface area (Å²) >= 11 is 1.75. The Morgan fingerprint density at radius 3 is 2.50 bits per heavy atom. The first kappa shape index (κ1) is 26.3. The lowest BCUT2D eigenvalue weighted by molar-refractivity contribution is -0.130. The van der Waals surface area contributed by atoms with E-state index in [0.717, 1.165) is 28.9 Å². The van der Waals surface area contributed by atoms with Gasteiger partial charge >= 0.3 is 0 Å². The van der Waals surface area contributed by atoms with Crippen LogP contribution in [0.2, 0.25) is 0 Å². The second-order valence-electron chi connectivity index (χ2n) is 10.6. The van der Waals surface area contributed by atoms with Gasteiger partial charge in [-0.25, -0.2) is 0 Å². The van der Waals surface area contributed by atoms with Gasteiger partial charge in [0.05, 0.1) is 4.91 Å². The second kappa shape index (κ2) is 11.6.